The molecule has 0 aromatic rings. The normalized spacial score (nSPS) is 19.2. The third kappa shape index (κ3) is 5.81. The monoisotopic (exact) mass is 254 g/mol. The van der Waals surface area contributed by atoms with Crippen LogP contribution in [0.1, 0.15) is 60.8 Å². The van der Waals surface area contributed by atoms with Crippen molar-refractivity contribution in [3.05, 3.63) is 11.6 Å². The van der Waals surface area contributed by atoms with Gasteiger partial charge in [0.1, 0.15) is 0 Å². The number of aliphatic hydroxyl groups is 1. The Morgan fingerprint density at radius 1 is 1.22 bits per heavy atom. The fourth-order valence-electron chi connectivity index (χ4n) is 2.32. The zero-order chi connectivity index (χ0) is 14.3. The standard InChI is InChI=1S/C16H30O2/c1-7-11(3)9-13(5)16(18)14(6)10-12(4)15(17)8-2/h10-11,13-14,16,18H,7-9H2,1-6H3/b12-10+/t11-,13-,14-,16+/m0/s1. The lowest BCUT2D eigenvalue weighted by Crippen LogP contribution is -2.26. The van der Waals surface area contributed by atoms with E-state index in [1.165, 1.54) is 0 Å². The van der Waals surface area contributed by atoms with E-state index < -0.39 is 0 Å². The summed E-state index contributed by atoms with van der Waals surface area (Å²) in [4.78, 5) is 11.5. The van der Waals surface area contributed by atoms with Crippen molar-refractivity contribution < 1.29 is 9.90 Å². The number of ketones is 1. The molecule has 106 valence electrons. The molecule has 0 radical (unpaired) electrons. The molecule has 0 fully saturated rings. The van der Waals surface area contributed by atoms with Gasteiger partial charge in [0, 0.05) is 12.3 Å². The topological polar surface area (TPSA) is 37.3 Å². The molecule has 0 aromatic carbocycles. The molecule has 0 heterocycles. The Labute approximate surface area is 112 Å². The largest absolute Gasteiger partial charge is 0.392 e. The van der Waals surface area contributed by atoms with Gasteiger partial charge in [0.05, 0.1) is 6.10 Å². The Hall–Kier alpha value is -0.630. The first-order valence-electron chi connectivity index (χ1n) is 7.23. The first-order chi connectivity index (χ1) is 8.33. The van der Waals surface area contributed by atoms with E-state index in [2.05, 4.69) is 20.8 Å². The second kappa shape index (κ2) is 8.47. The molecule has 0 spiro atoms. The Morgan fingerprint density at radius 3 is 2.22 bits per heavy atom. The predicted octanol–water partition coefficient (Wildman–Crippen LogP) is 3.98. The van der Waals surface area contributed by atoms with Crippen LogP contribution in [0.4, 0.5) is 0 Å². The van der Waals surface area contributed by atoms with Crippen molar-refractivity contribution >= 4 is 5.78 Å². The van der Waals surface area contributed by atoms with Gasteiger partial charge < -0.3 is 5.11 Å². The van der Waals surface area contributed by atoms with Crippen molar-refractivity contribution in [3.8, 4) is 0 Å². The van der Waals surface area contributed by atoms with Gasteiger partial charge >= 0.3 is 0 Å². The van der Waals surface area contributed by atoms with Crippen molar-refractivity contribution in [2.24, 2.45) is 17.8 Å². The summed E-state index contributed by atoms with van der Waals surface area (Å²) in [6, 6.07) is 0. The summed E-state index contributed by atoms with van der Waals surface area (Å²) < 4.78 is 0. The highest BCUT2D eigenvalue weighted by molar-refractivity contribution is 5.94. The molecule has 1 N–H and O–H groups in total. The van der Waals surface area contributed by atoms with Gasteiger partial charge in [-0.25, -0.2) is 0 Å². The number of Topliss-reactive ketones (excluding diaryl/α,β-unsaturated/α-hetero) is 1. The highest BCUT2D eigenvalue weighted by Gasteiger charge is 2.21. The van der Waals surface area contributed by atoms with Gasteiger partial charge in [0.15, 0.2) is 5.78 Å². The molecule has 0 aromatic heterocycles. The number of hydrogen-bond donors (Lipinski definition) is 1. The molecule has 0 aliphatic heterocycles. The lowest BCUT2D eigenvalue weighted by atomic mass is 9.85. The van der Waals surface area contributed by atoms with E-state index in [4.69, 9.17) is 0 Å². The fraction of sp³-hybridized carbons (Fsp3) is 0.812. The molecule has 0 amide bonds. The van der Waals surface area contributed by atoms with Crippen molar-refractivity contribution in [2.75, 3.05) is 0 Å². The van der Waals surface area contributed by atoms with E-state index >= 15 is 0 Å². The van der Waals surface area contributed by atoms with Crippen LogP contribution in [0.25, 0.3) is 0 Å². The van der Waals surface area contributed by atoms with E-state index in [1.54, 1.807) is 0 Å². The van der Waals surface area contributed by atoms with Crippen LogP contribution in [0.5, 0.6) is 0 Å². The first-order valence-corrected chi connectivity index (χ1v) is 7.23. The Morgan fingerprint density at radius 2 is 1.78 bits per heavy atom. The van der Waals surface area contributed by atoms with Crippen molar-refractivity contribution in [2.45, 2.75) is 66.9 Å². The number of aliphatic hydroxyl groups excluding tert-OH is 1. The van der Waals surface area contributed by atoms with Crippen LogP contribution in [-0.2, 0) is 4.79 Å². The van der Waals surface area contributed by atoms with Crippen LogP contribution < -0.4 is 0 Å². The summed E-state index contributed by atoms with van der Waals surface area (Å²) in [5.74, 6) is 1.13. The van der Waals surface area contributed by atoms with Gasteiger partial charge in [-0.1, -0.05) is 47.1 Å². The van der Waals surface area contributed by atoms with Crippen molar-refractivity contribution in [3.63, 3.8) is 0 Å². The molecule has 0 bridgehead atoms. The summed E-state index contributed by atoms with van der Waals surface area (Å²) >= 11 is 0. The smallest absolute Gasteiger partial charge is 0.157 e. The van der Waals surface area contributed by atoms with E-state index in [0.29, 0.717) is 12.3 Å². The fourth-order valence-corrected chi connectivity index (χ4v) is 2.32. The van der Waals surface area contributed by atoms with Gasteiger partial charge in [-0.3, -0.25) is 4.79 Å². The van der Waals surface area contributed by atoms with Gasteiger partial charge in [-0.05, 0) is 30.8 Å². The first kappa shape index (κ1) is 17.4. The quantitative estimate of drug-likeness (QED) is 0.665. The van der Waals surface area contributed by atoms with Gasteiger partial charge in [0.2, 0.25) is 0 Å². The maximum Gasteiger partial charge on any atom is 0.157 e. The number of allylic oxidation sites excluding steroid dienone is 1. The molecular formula is C16H30O2. The average Bonchev–Trinajstić information content (AvgIpc) is 2.35. The lowest BCUT2D eigenvalue weighted by Gasteiger charge is -2.25. The van der Waals surface area contributed by atoms with Crippen molar-refractivity contribution in [1.29, 1.82) is 0 Å². The van der Waals surface area contributed by atoms with E-state index in [-0.39, 0.29) is 23.7 Å². The van der Waals surface area contributed by atoms with Gasteiger partial charge in [-0.15, -0.1) is 0 Å². The SMILES string of the molecule is CCC(=O)/C(C)=C/[C@H](C)[C@H](O)[C@@H](C)C[C@@H](C)CC. The van der Waals surface area contributed by atoms with Gasteiger partial charge in [-0.2, -0.15) is 0 Å². The van der Waals surface area contributed by atoms with Crippen LogP contribution in [0, 0.1) is 17.8 Å². The number of carbonyl (C=O) groups excluding carboxylic acids is 1. The maximum atomic E-state index is 11.5. The minimum atomic E-state index is -0.362. The molecule has 18 heavy (non-hydrogen) atoms. The minimum Gasteiger partial charge on any atom is -0.392 e. The number of rotatable bonds is 8. The molecule has 2 nitrogen and oxygen atoms in total. The Kier molecular flexibility index (Phi) is 8.17. The van der Waals surface area contributed by atoms with E-state index in [1.807, 2.05) is 26.8 Å². The summed E-state index contributed by atoms with van der Waals surface area (Å²) in [7, 11) is 0. The number of hydrogen-bond acceptors (Lipinski definition) is 2. The summed E-state index contributed by atoms with van der Waals surface area (Å²) in [5, 5.41) is 10.3. The predicted molar refractivity (Wildman–Crippen MR) is 77.5 cm³/mol. The van der Waals surface area contributed by atoms with Gasteiger partial charge in [0.25, 0.3) is 0 Å². The zero-order valence-corrected chi connectivity index (χ0v) is 12.9. The molecule has 0 aliphatic rings. The van der Waals surface area contributed by atoms with E-state index in [0.717, 1.165) is 18.4 Å². The summed E-state index contributed by atoms with van der Waals surface area (Å²) in [5.41, 5.74) is 0.778. The Bertz CT molecular complexity index is 281. The third-order valence-electron chi connectivity index (χ3n) is 3.87. The lowest BCUT2D eigenvalue weighted by molar-refractivity contribution is -0.115. The number of carbonyl (C=O) groups is 1. The molecule has 4 atom stereocenters. The maximum absolute atomic E-state index is 11.5. The van der Waals surface area contributed by atoms with Crippen LogP contribution in [0.3, 0.4) is 0 Å². The molecule has 2 heteroatoms. The Balaban J connectivity index is 4.49. The van der Waals surface area contributed by atoms with Crippen LogP contribution in [-0.4, -0.2) is 17.0 Å². The highest BCUT2D eigenvalue weighted by Crippen LogP contribution is 2.23. The van der Waals surface area contributed by atoms with E-state index in [9.17, 15) is 9.90 Å². The molecule has 0 saturated heterocycles. The molecule has 0 unspecified atom stereocenters. The third-order valence-corrected chi connectivity index (χ3v) is 3.87. The molecular weight excluding hydrogens is 224 g/mol. The second-order valence-corrected chi connectivity index (χ2v) is 5.70. The molecule has 0 aliphatic carbocycles. The van der Waals surface area contributed by atoms with Crippen molar-refractivity contribution in [1.82, 2.24) is 0 Å². The highest BCUT2D eigenvalue weighted by atomic mass is 16.3. The second-order valence-electron chi connectivity index (χ2n) is 5.70. The summed E-state index contributed by atoms with van der Waals surface area (Å²) in [6.07, 6.45) is 4.28. The molecule has 0 rings (SSSR count). The molecule has 0 saturated carbocycles. The minimum absolute atomic E-state index is 0.0413. The zero-order valence-electron chi connectivity index (χ0n) is 12.9. The van der Waals surface area contributed by atoms with Crippen LogP contribution in [0.15, 0.2) is 11.6 Å². The summed E-state index contributed by atoms with van der Waals surface area (Å²) in [6.45, 7) is 12.2. The van der Waals surface area contributed by atoms with Crippen LogP contribution in [0.2, 0.25) is 0 Å². The van der Waals surface area contributed by atoms with Crippen LogP contribution >= 0.6 is 0 Å². The average molecular weight is 254 g/mol.